The van der Waals surface area contributed by atoms with E-state index < -0.39 is 0 Å². The van der Waals surface area contributed by atoms with Crippen molar-refractivity contribution in [2.24, 2.45) is 11.8 Å². The van der Waals surface area contributed by atoms with Gasteiger partial charge in [0.1, 0.15) is 0 Å². The molecule has 3 aliphatic heterocycles. The Hall–Kier alpha value is -0.120. The molecule has 0 radical (unpaired) electrons. The fraction of sp³-hybridized carbons (Fsp3) is 1.00. The molecule has 1 N–H and O–H groups in total. The molecule has 3 nitrogen and oxygen atoms in total. The van der Waals surface area contributed by atoms with Gasteiger partial charge in [0.05, 0.1) is 0 Å². The molecule has 0 saturated carbocycles. The highest BCUT2D eigenvalue weighted by molar-refractivity contribution is 4.91. The molecule has 0 amide bonds. The van der Waals surface area contributed by atoms with Crippen molar-refractivity contribution in [1.82, 2.24) is 15.1 Å². The van der Waals surface area contributed by atoms with Gasteiger partial charge in [0.2, 0.25) is 0 Å². The molecular formula is C15H29N3. The van der Waals surface area contributed by atoms with Gasteiger partial charge in [-0.2, -0.15) is 0 Å². The van der Waals surface area contributed by atoms with E-state index in [-0.39, 0.29) is 0 Å². The first kappa shape index (κ1) is 12.9. The number of nitrogens with one attached hydrogen (secondary N) is 1. The van der Waals surface area contributed by atoms with Gasteiger partial charge in [-0.1, -0.05) is 6.92 Å². The molecule has 0 spiro atoms. The molecule has 3 heteroatoms. The summed E-state index contributed by atoms with van der Waals surface area (Å²) in [5.41, 5.74) is 0. The van der Waals surface area contributed by atoms with Crippen molar-refractivity contribution in [3.05, 3.63) is 0 Å². The second-order valence-electron chi connectivity index (χ2n) is 6.78. The minimum absolute atomic E-state index is 0.888. The third-order valence-corrected chi connectivity index (χ3v) is 5.25. The lowest BCUT2D eigenvalue weighted by Gasteiger charge is -2.48. The van der Waals surface area contributed by atoms with Crippen LogP contribution in [-0.4, -0.2) is 61.7 Å². The Labute approximate surface area is 112 Å². The summed E-state index contributed by atoms with van der Waals surface area (Å²) in [6, 6.07) is 0.888. The average Bonchev–Trinajstić information content (AvgIpc) is 2.36. The molecule has 0 aliphatic carbocycles. The van der Waals surface area contributed by atoms with Crippen LogP contribution in [0.2, 0.25) is 0 Å². The highest BCUT2D eigenvalue weighted by Crippen LogP contribution is 2.24. The van der Waals surface area contributed by atoms with E-state index in [4.69, 9.17) is 0 Å². The molecule has 0 atom stereocenters. The number of likely N-dealkylation sites (tertiary alicyclic amines) is 2. The minimum Gasteiger partial charge on any atom is -0.317 e. The molecular weight excluding hydrogens is 222 g/mol. The van der Waals surface area contributed by atoms with Gasteiger partial charge >= 0.3 is 0 Å². The molecule has 3 rings (SSSR count). The molecule has 0 aromatic rings. The Balaban J connectivity index is 1.35. The fourth-order valence-electron chi connectivity index (χ4n) is 3.75. The third-order valence-electron chi connectivity index (χ3n) is 5.25. The van der Waals surface area contributed by atoms with E-state index in [0.717, 1.165) is 17.9 Å². The van der Waals surface area contributed by atoms with Crippen LogP contribution >= 0.6 is 0 Å². The number of piperidine rings is 2. The van der Waals surface area contributed by atoms with Gasteiger partial charge in [-0.15, -0.1) is 0 Å². The molecule has 0 aromatic heterocycles. The lowest BCUT2D eigenvalue weighted by molar-refractivity contribution is 0.00551. The van der Waals surface area contributed by atoms with E-state index in [9.17, 15) is 0 Å². The van der Waals surface area contributed by atoms with Crippen molar-refractivity contribution in [3.8, 4) is 0 Å². The average molecular weight is 251 g/mol. The molecule has 3 saturated heterocycles. The molecule has 104 valence electrons. The lowest BCUT2D eigenvalue weighted by Crippen LogP contribution is -2.61. The second-order valence-corrected chi connectivity index (χ2v) is 6.78. The van der Waals surface area contributed by atoms with Gasteiger partial charge in [0.25, 0.3) is 0 Å². The largest absolute Gasteiger partial charge is 0.317 e. The third kappa shape index (κ3) is 3.06. The summed E-state index contributed by atoms with van der Waals surface area (Å²) in [4.78, 5) is 5.44. The van der Waals surface area contributed by atoms with Gasteiger partial charge in [-0.25, -0.2) is 0 Å². The van der Waals surface area contributed by atoms with Gasteiger partial charge in [0, 0.05) is 25.7 Å². The fourth-order valence-corrected chi connectivity index (χ4v) is 3.75. The van der Waals surface area contributed by atoms with Gasteiger partial charge in [-0.3, -0.25) is 9.80 Å². The normalized spacial score (nSPS) is 30.5. The number of nitrogens with zero attached hydrogens (tertiary/aromatic N) is 2. The van der Waals surface area contributed by atoms with Crippen molar-refractivity contribution in [3.63, 3.8) is 0 Å². The van der Waals surface area contributed by atoms with Crippen molar-refractivity contribution in [2.75, 3.05) is 45.8 Å². The van der Waals surface area contributed by atoms with E-state index in [1.165, 1.54) is 71.5 Å². The molecule has 3 fully saturated rings. The zero-order valence-electron chi connectivity index (χ0n) is 11.9. The lowest BCUT2D eigenvalue weighted by atomic mass is 9.93. The zero-order valence-corrected chi connectivity index (χ0v) is 11.9. The monoisotopic (exact) mass is 251 g/mol. The minimum atomic E-state index is 0.888. The van der Waals surface area contributed by atoms with Crippen molar-refractivity contribution < 1.29 is 0 Å². The molecule has 0 aromatic carbocycles. The standard InChI is InChI=1S/C15H29N3/c1-13-4-8-18(9-5-13)15-11-17(12-15)10-14-2-6-16-7-3-14/h13-16H,2-12H2,1H3. The van der Waals surface area contributed by atoms with Crippen molar-refractivity contribution >= 4 is 0 Å². The van der Waals surface area contributed by atoms with Crippen LogP contribution in [0.4, 0.5) is 0 Å². The zero-order chi connectivity index (χ0) is 12.4. The maximum Gasteiger partial charge on any atom is 0.0350 e. The summed E-state index contributed by atoms with van der Waals surface area (Å²) >= 11 is 0. The van der Waals surface area contributed by atoms with Crippen molar-refractivity contribution in [2.45, 2.75) is 38.6 Å². The van der Waals surface area contributed by atoms with E-state index in [0.29, 0.717) is 0 Å². The topological polar surface area (TPSA) is 18.5 Å². The maximum atomic E-state index is 3.46. The van der Waals surface area contributed by atoms with E-state index in [1.807, 2.05) is 0 Å². The first-order chi connectivity index (χ1) is 8.81. The van der Waals surface area contributed by atoms with Crippen LogP contribution in [0.15, 0.2) is 0 Å². The predicted octanol–water partition coefficient (Wildman–Crippen LogP) is 1.40. The highest BCUT2D eigenvalue weighted by atomic mass is 15.3. The summed E-state index contributed by atoms with van der Waals surface area (Å²) in [6.45, 7) is 11.7. The molecule has 3 aliphatic rings. The summed E-state index contributed by atoms with van der Waals surface area (Å²) in [7, 11) is 0. The van der Waals surface area contributed by atoms with Crippen molar-refractivity contribution in [1.29, 1.82) is 0 Å². The predicted molar refractivity (Wildman–Crippen MR) is 75.8 cm³/mol. The van der Waals surface area contributed by atoms with Gasteiger partial charge < -0.3 is 5.32 Å². The van der Waals surface area contributed by atoms with Crippen LogP contribution in [0.1, 0.15) is 32.6 Å². The molecule has 3 heterocycles. The van der Waals surface area contributed by atoms with E-state index in [2.05, 4.69) is 22.0 Å². The molecule has 0 unspecified atom stereocenters. The van der Waals surface area contributed by atoms with Crippen LogP contribution in [0, 0.1) is 11.8 Å². The van der Waals surface area contributed by atoms with Gasteiger partial charge in [0.15, 0.2) is 0 Å². The van der Waals surface area contributed by atoms with E-state index in [1.54, 1.807) is 0 Å². The Morgan fingerprint density at radius 1 is 1.00 bits per heavy atom. The van der Waals surface area contributed by atoms with E-state index >= 15 is 0 Å². The summed E-state index contributed by atoms with van der Waals surface area (Å²) < 4.78 is 0. The quantitative estimate of drug-likeness (QED) is 0.818. The SMILES string of the molecule is CC1CCN(C2CN(CC3CCNCC3)C2)CC1. The smallest absolute Gasteiger partial charge is 0.0350 e. The summed E-state index contributed by atoms with van der Waals surface area (Å²) in [6.07, 6.45) is 5.63. The second kappa shape index (κ2) is 5.89. The van der Waals surface area contributed by atoms with Crippen LogP contribution in [0.3, 0.4) is 0 Å². The first-order valence-electron chi connectivity index (χ1n) is 7.98. The van der Waals surface area contributed by atoms with Crippen LogP contribution in [0.5, 0.6) is 0 Å². The van der Waals surface area contributed by atoms with Crippen LogP contribution in [-0.2, 0) is 0 Å². The molecule has 0 bridgehead atoms. The number of hydrogen-bond acceptors (Lipinski definition) is 3. The number of rotatable bonds is 3. The summed E-state index contributed by atoms with van der Waals surface area (Å²) in [5.74, 6) is 1.93. The first-order valence-corrected chi connectivity index (χ1v) is 7.98. The number of hydrogen-bond donors (Lipinski definition) is 1. The Morgan fingerprint density at radius 2 is 1.67 bits per heavy atom. The molecule has 18 heavy (non-hydrogen) atoms. The Morgan fingerprint density at radius 3 is 2.33 bits per heavy atom. The Bertz CT molecular complexity index is 248. The van der Waals surface area contributed by atoms with Crippen LogP contribution in [0.25, 0.3) is 0 Å². The van der Waals surface area contributed by atoms with Crippen LogP contribution < -0.4 is 5.32 Å². The van der Waals surface area contributed by atoms with Gasteiger partial charge in [-0.05, 0) is 63.7 Å². The highest BCUT2D eigenvalue weighted by Gasteiger charge is 2.34. The Kier molecular flexibility index (Phi) is 4.22. The summed E-state index contributed by atoms with van der Waals surface area (Å²) in [5, 5.41) is 3.46. The maximum absolute atomic E-state index is 3.46.